The van der Waals surface area contributed by atoms with Crippen LogP contribution in [0.3, 0.4) is 0 Å². The van der Waals surface area contributed by atoms with E-state index in [4.69, 9.17) is 9.47 Å². The average Bonchev–Trinajstić information content (AvgIpc) is 2.64. The van der Waals surface area contributed by atoms with Crippen LogP contribution in [-0.4, -0.2) is 26.2 Å². The molecule has 0 radical (unpaired) electrons. The molecule has 0 bridgehead atoms. The topological polar surface area (TPSA) is 47.6 Å². The summed E-state index contributed by atoms with van der Waals surface area (Å²) in [5, 5.41) is 3.47. The molecule has 0 saturated carbocycles. The Morgan fingerprint density at radius 1 is 1.04 bits per heavy atom. The minimum absolute atomic E-state index is 0.0579. The summed E-state index contributed by atoms with van der Waals surface area (Å²) in [5.74, 6) is 0.693. The second kappa shape index (κ2) is 9.73. The third-order valence-corrected chi connectivity index (χ3v) is 4.03. The van der Waals surface area contributed by atoms with E-state index in [1.54, 1.807) is 7.11 Å². The molecular weight excluding hydrogens is 302 g/mol. The molecule has 4 heteroatoms. The number of carbonyl (C=O) groups is 1. The van der Waals surface area contributed by atoms with Crippen molar-refractivity contribution in [1.29, 1.82) is 0 Å². The molecule has 2 aromatic carbocycles. The SMILES string of the molecule is COC(=O)CC(CCc1ccccc1OC)NCc1ccccc1. The zero-order valence-electron chi connectivity index (χ0n) is 14.3. The van der Waals surface area contributed by atoms with Crippen molar-refractivity contribution < 1.29 is 14.3 Å². The Morgan fingerprint density at radius 3 is 2.46 bits per heavy atom. The molecule has 4 nitrogen and oxygen atoms in total. The van der Waals surface area contributed by atoms with Crippen LogP contribution in [0.4, 0.5) is 0 Å². The molecule has 0 aromatic heterocycles. The summed E-state index contributed by atoms with van der Waals surface area (Å²) in [7, 11) is 3.11. The number of nitrogens with one attached hydrogen (secondary N) is 1. The van der Waals surface area contributed by atoms with Crippen molar-refractivity contribution in [1.82, 2.24) is 5.32 Å². The Morgan fingerprint density at radius 2 is 1.75 bits per heavy atom. The van der Waals surface area contributed by atoms with E-state index in [-0.39, 0.29) is 12.0 Å². The van der Waals surface area contributed by atoms with Gasteiger partial charge in [0.2, 0.25) is 0 Å². The number of methoxy groups -OCH3 is 2. The maximum Gasteiger partial charge on any atom is 0.307 e. The predicted molar refractivity (Wildman–Crippen MR) is 95.0 cm³/mol. The number of aryl methyl sites for hydroxylation is 1. The Hall–Kier alpha value is -2.33. The molecule has 128 valence electrons. The Bertz CT molecular complexity index is 628. The van der Waals surface area contributed by atoms with Gasteiger partial charge >= 0.3 is 5.97 Å². The van der Waals surface area contributed by atoms with Gasteiger partial charge in [0, 0.05) is 12.6 Å². The van der Waals surface area contributed by atoms with Crippen LogP contribution < -0.4 is 10.1 Å². The van der Waals surface area contributed by atoms with Gasteiger partial charge in [0.25, 0.3) is 0 Å². The van der Waals surface area contributed by atoms with Gasteiger partial charge in [0.05, 0.1) is 20.6 Å². The van der Waals surface area contributed by atoms with Gasteiger partial charge in [-0.2, -0.15) is 0 Å². The van der Waals surface area contributed by atoms with Crippen molar-refractivity contribution in [3.8, 4) is 5.75 Å². The number of hydrogen-bond acceptors (Lipinski definition) is 4. The maximum atomic E-state index is 11.7. The van der Waals surface area contributed by atoms with Gasteiger partial charge in [-0.3, -0.25) is 4.79 Å². The second-order valence-corrected chi connectivity index (χ2v) is 5.69. The van der Waals surface area contributed by atoms with Gasteiger partial charge in [-0.05, 0) is 30.0 Å². The normalized spacial score (nSPS) is 11.8. The average molecular weight is 327 g/mol. The number of hydrogen-bond donors (Lipinski definition) is 1. The first-order valence-electron chi connectivity index (χ1n) is 8.19. The highest BCUT2D eigenvalue weighted by atomic mass is 16.5. The predicted octanol–water partition coefficient (Wildman–Crippen LogP) is 3.35. The van der Waals surface area contributed by atoms with Crippen molar-refractivity contribution in [3.63, 3.8) is 0 Å². The number of esters is 1. The largest absolute Gasteiger partial charge is 0.496 e. The van der Waals surface area contributed by atoms with Crippen molar-refractivity contribution in [3.05, 3.63) is 65.7 Å². The molecule has 0 fully saturated rings. The Kier molecular flexibility index (Phi) is 7.30. The summed E-state index contributed by atoms with van der Waals surface area (Å²) in [6.45, 7) is 0.731. The van der Waals surface area contributed by atoms with E-state index in [1.165, 1.54) is 12.7 Å². The zero-order valence-corrected chi connectivity index (χ0v) is 14.3. The van der Waals surface area contributed by atoms with Crippen LogP contribution in [0.1, 0.15) is 24.0 Å². The van der Waals surface area contributed by atoms with E-state index in [2.05, 4.69) is 23.5 Å². The molecule has 1 atom stereocenters. The van der Waals surface area contributed by atoms with Crippen LogP contribution >= 0.6 is 0 Å². The quantitative estimate of drug-likeness (QED) is 0.718. The van der Waals surface area contributed by atoms with Gasteiger partial charge in [-0.15, -0.1) is 0 Å². The molecule has 1 N–H and O–H groups in total. The van der Waals surface area contributed by atoms with E-state index in [1.807, 2.05) is 36.4 Å². The van der Waals surface area contributed by atoms with E-state index in [0.29, 0.717) is 6.42 Å². The minimum atomic E-state index is -0.194. The van der Waals surface area contributed by atoms with Crippen LogP contribution in [-0.2, 0) is 22.5 Å². The molecule has 0 saturated heterocycles. The Balaban J connectivity index is 1.96. The summed E-state index contributed by atoms with van der Waals surface area (Å²) in [6.07, 6.45) is 2.04. The highest BCUT2D eigenvalue weighted by molar-refractivity contribution is 5.69. The number of carbonyl (C=O) groups excluding carboxylic acids is 1. The van der Waals surface area contributed by atoms with Crippen molar-refractivity contribution in [2.45, 2.75) is 31.8 Å². The van der Waals surface area contributed by atoms with E-state index in [9.17, 15) is 4.79 Å². The molecular formula is C20H25NO3. The van der Waals surface area contributed by atoms with E-state index in [0.717, 1.165) is 30.7 Å². The van der Waals surface area contributed by atoms with Crippen molar-refractivity contribution in [2.75, 3.05) is 14.2 Å². The number of rotatable bonds is 9. The van der Waals surface area contributed by atoms with Gasteiger partial charge < -0.3 is 14.8 Å². The molecule has 0 spiro atoms. The molecule has 0 amide bonds. The first kappa shape index (κ1) is 18.0. The standard InChI is InChI=1S/C20H25NO3/c1-23-19-11-7-6-10-17(19)12-13-18(14-20(22)24-2)21-15-16-8-4-3-5-9-16/h3-11,18,21H,12-15H2,1-2H3. The lowest BCUT2D eigenvalue weighted by Crippen LogP contribution is -2.32. The van der Waals surface area contributed by atoms with Gasteiger partial charge in [0.1, 0.15) is 5.75 Å². The molecule has 0 heterocycles. The van der Waals surface area contributed by atoms with Crippen LogP contribution in [0.15, 0.2) is 54.6 Å². The van der Waals surface area contributed by atoms with Gasteiger partial charge in [-0.1, -0.05) is 48.5 Å². The molecule has 0 aliphatic rings. The fourth-order valence-electron chi connectivity index (χ4n) is 2.66. The first-order chi connectivity index (χ1) is 11.7. The molecule has 2 aromatic rings. The molecule has 0 aliphatic heterocycles. The first-order valence-corrected chi connectivity index (χ1v) is 8.19. The van der Waals surface area contributed by atoms with Crippen LogP contribution in [0.5, 0.6) is 5.75 Å². The van der Waals surface area contributed by atoms with E-state index < -0.39 is 0 Å². The number of para-hydroxylation sites is 1. The molecule has 2 rings (SSSR count). The number of ether oxygens (including phenoxy) is 2. The lowest BCUT2D eigenvalue weighted by molar-refractivity contribution is -0.141. The zero-order chi connectivity index (χ0) is 17.2. The smallest absolute Gasteiger partial charge is 0.307 e. The minimum Gasteiger partial charge on any atom is -0.496 e. The van der Waals surface area contributed by atoms with Crippen molar-refractivity contribution >= 4 is 5.97 Å². The summed E-state index contributed by atoms with van der Waals surface area (Å²) in [4.78, 5) is 11.7. The lowest BCUT2D eigenvalue weighted by Gasteiger charge is -2.18. The summed E-state index contributed by atoms with van der Waals surface area (Å²) >= 11 is 0. The fourth-order valence-corrected chi connectivity index (χ4v) is 2.66. The molecule has 24 heavy (non-hydrogen) atoms. The fraction of sp³-hybridized carbons (Fsp3) is 0.350. The van der Waals surface area contributed by atoms with Gasteiger partial charge in [-0.25, -0.2) is 0 Å². The maximum absolute atomic E-state index is 11.7. The summed E-state index contributed by atoms with van der Waals surface area (Å²) < 4.78 is 10.2. The summed E-state index contributed by atoms with van der Waals surface area (Å²) in [6, 6.07) is 18.2. The number of benzene rings is 2. The van der Waals surface area contributed by atoms with Crippen molar-refractivity contribution in [2.24, 2.45) is 0 Å². The van der Waals surface area contributed by atoms with Gasteiger partial charge in [0.15, 0.2) is 0 Å². The molecule has 0 aliphatic carbocycles. The Labute approximate surface area is 143 Å². The third kappa shape index (κ3) is 5.70. The summed E-state index contributed by atoms with van der Waals surface area (Å²) in [5.41, 5.74) is 2.35. The monoisotopic (exact) mass is 327 g/mol. The highest BCUT2D eigenvalue weighted by Gasteiger charge is 2.15. The third-order valence-electron chi connectivity index (χ3n) is 4.03. The molecule has 1 unspecified atom stereocenters. The van der Waals surface area contributed by atoms with E-state index >= 15 is 0 Å². The van der Waals surface area contributed by atoms with Crippen LogP contribution in [0.25, 0.3) is 0 Å². The van der Waals surface area contributed by atoms with Crippen LogP contribution in [0.2, 0.25) is 0 Å². The lowest BCUT2D eigenvalue weighted by atomic mass is 10.0. The van der Waals surface area contributed by atoms with Crippen LogP contribution in [0, 0.1) is 0 Å². The highest BCUT2D eigenvalue weighted by Crippen LogP contribution is 2.20. The second-order valence-electron chi connectivity index (χ2n) is 5.69.